The van der Waals surface area contributed by atoms with Crippen LogP contribution in [-0.2, 0) is 9.47 Å². The molecule has 0 saturated heterocycles. The summed E-state index contributed by atoms with van der Waals surface area (Å²) in [6, 6.07) is 0. The molecule has 0 fully saturated rings. The van der Waals surface area contributed by atoms with Gasteiger partial charge in [-0.3, -0.25) is 4.48 Å². The third kappa shape index (κ3) is 25.7. The van der Waals surface area contributed by atoms with Crippen molar-refractivity contribution in [2.24, 2.45) is 0 Å². The number of hydrogen-bond donors (Lipinski definition) is 1. The molecule has 0 radical (unpaired) electrons. The van der Waals surface area contributed by atoms with Gasteiger partial charge in [-0.15, -0.1) is 0 Å². The maximum Gasteiger partial charge on any atom is 0.308 e. The molecule has 1 N–H and O–H groups in total. The smallest absolute Gasteiger partial charge is 0.308 e. The van der Waals surface area contributed by atoms with E-state index >= 15 is 0 Å². The van der Waals surface area contributed by atoms with Crippen LogP contribution in [0.3, 0.4) is 0 Å². The standard InChI is InChI=1S/C34H72NO3.BrH/c1-6-9-11-13-15-17-19-21-23-25-27-29-31-37-33(8-3)35(4,5)34(36)38-32-30-28-26-24-22-20-18-16-14-12-10-7-2;/h33-34,36H,6-32H2,1-5H3;1H/q+1;/p-1. The van der Waals surface area contributed by atoms with Crippen LogP contribution < -0.4 is 17.0 Å². The largest absolute Gasteiger partial charge is 1.00 e. The molecule has 4 nitrogen and oxygen atoms in total. The number of aliphatic hydroxyl groups excluding tert-OH is 1. The summed E-state index contributed by atoms with van der Waals surface area (Å²) in [5, 5.41) is 10.7. The van der Waals surface area contributed by atoms with E-state index in [1.54, 1.807) is 0 Å². The minimum absolute atomic E-state index is 0. The molecule has 0 rings (SSSR count). The number of quaternary nitrogens is 1. The average molecular weight is 623 g/mol. The number of unbranched alkanes of at least 4 members (excludes halogenated alkanes) is 22. The Labute approximate surface area is 256 Å². The molecule has 0 heterocycles. The number of aliphatic hydroxyl groups is 1. The number of nitrogens with zero attached hydrogens (tertiary/aromatic N) is 1. The first-order valence-corrected chi connectivity index (χ1v) is 17.2. The van der Waals surface area contributed by atoms with Gasteiger partial charge in [0.1, 0.15) is 0 Å². The van der Waals surface area contributed by atoms with Crippen LogP contribution in [0.25, 0.3) is 0 Å². The van der Waals surface area contributed by atoms with E-state index in [4.69, 9.17) is 9.47 Å². The zero-order valence-corrected chi connectivity index (χ0v) is 28.9. The lowest BCUT2D eigenvalue weighted by Crippen LogP contribution is -3.00. The molecule has 0 amide bonds. The summed E-state index contributed by atoms with van der Waals surface area (Å²) in [6.45, 7) is 8.12. The molecule has 0 aliphatic heterocycles. The lowest BCUT2D eigenvalue weighted by molar-refractivity contribution is -1.00. The van der Waals surface area contributed by atoms with Crippen LogP contribution in [-0.4, -0.2) is 49.5 Å². The second-order valence-corrected chi connectivity index (χ2v) is 12.3. The Bertz CT molecular complexity index is 464. The highest BCUT2D eigenvalue weighted by atomic mass is 79.9. The molecule has 0 aromatic heterocycles. The minimum Gasteiger partial charge on any atom is -1.00 e. The van der Waals surface area contributed by atoms with E-state index in [0.717, 1.165) is 25.9 Å². The van der Waals surface area contributed by atoms with Crippen molar-refractivity contribution in [2.45, 2.75) is 194 Å². The van der Waals surface area contributed by atoms with Crippen LogP contribution in [0.5, 0.6) is 0 Å². The number of rotatable bonds is 31. The van der Waals surface area contributed by atoms with Gasteiger partial charge >= 0.3 is 6.41 Å². The molecular weight excluding hydrogens is 550 g/mol. The Morgan fingerprint density at radius 1 is 0.462 bits per heavy atom. The first-order valence-electron chi connectivity index (χ1n) is 17.2. The Balaban J connectivity index is 0. The van der Waals surface area contributed by atoms with Crippen molar-refractivity contribution in [1.82, 2.24) is 0 Å². The molecule has 0 spiro atoms. The van der Waals surface area contributed by atoms with Gasteiger partial charge in [0, 0.05) is 6.42 Å². The maximum atomic E-state index is 10.7. The van der Waals surface area contributed by atoms with Crippen molar-refractivity contribution >= 4 is 0 Å². The van der Waals surface area contributed by atoms with E-state index in [-0.39, 0.29) is 23.2 Å². The van der Waals surface area contributed by atoms with Crippen LogP contribution in [0.1, 0.15) is 181 Å². The Morgan fingerprint density at radius 2 is 0.744 bits per heavy atom. The average Bonchev–Trinajstić information content (AvgIpc) is 2.91. The lowest BCUT2D eigenvalue weighted by Gasteiger charge is -2.39. The summed E-state index contributed by atoms with van der Waals surface area (Å²) < 4.78 is 12.4. The zero-order chi connectivity index (χ0) is 28.2. The third-order valence-corrected chi connectivity index (χ3v) is 8.23. The highest BCUT2D eigenvalue weighted by Gasteiger charge is 2.35. The first-order chi connectivity index (χ1) is 18.5. The molecule has 39 heavy (non-hydrogen) atoms. The molecule has 238 valence electrons. The van der Waals surface area contributed by atoms with Crippen molar-refractivity contribution < 1.29 is 36.0 Å². The van der Waals surface area contributed by atoms with E-state index in [0.29, 0.717) is 11.1 Å². The first kappa shape index (κ1) is 41.5. The van der Waals surface area contributed by atoms with Crippen LogP contribution in [0, 0.1) is 0 Å². The molecule has 0 bridgehead atoms. The second kappa shape index (κ2) is 31.3. The summed E-state index contributed by atoms with van der Waals surface area (Å²) in [7, 11) is 4.06. The van der Waals surface area contributed by atoms with Gasteiger partial charge in [-0.2, -0.15) is 0 Å². The lowest BCUT2D eigenvalue weighted by atomic mass is 10.1. The number of halogens is 1. The monoisotopic (exact) mass is 621 g/mol. The number of hydrogen-bond acceptors (Lipinski definition) is 3. The Kier molecular flexibility index (Phi) is 33.2. The Hall–Kier alpha value is 0.320. The summed E-state index contributed by atoms with van der Waals surface area (Å²) in [5.41, 5.74) is 0. The van der Waals surface area contributed by atoms with Gasteiger partial charge in [-0.1, -0.05) is 162 Å². The van der Waals surface area contributed by atoms with Gasteiger partial charge in [-0.05, 0) is 12.8 Å². The van der Waals surface area contributed by atoms with Gasteiger partial charge in [0.15, 0.2) is 6.23 Å². The summed E-state index contributed by atoms with van der Waals surface area (Å²) in [6.07, 6.45) is 32.3. The van der Waals surface area contributed by atoms with Gasteiger partial charge in [0.05, 0.1) is 27.3 Å². The summed E-state index contributed by atoms with van der Waals surface area (Å²) >= 11 is 0. The highest BCUT2D eigenvalue weighted by molar-refractivity contribution is 4.51. The van der Waals surface area contributed by atoms with Crippen molar-refractivity contribution in [1.29, 1.82) is 0 Å². The zero-order valence-electron chi connectivity index (χ0n) is 27.3. The van der Waals surface area contributed by atoms with E-state index in [9.17, 15) is 5.11 Å². The van der Waals surface area contributed by atoms with Crippen LogP contribution in [0.2, 0.25) is 0 Å². The van der Waals surface area contributed by atoms with Crippen LogP contribution in [0.15, 0.2) is 0 Å². The molecule has 0 aromatic rings. The van der Waals surface area contributed by atoms with Gasteiger partial charge in [0.2, 0.25) is 0 Å². The minimum atomic E-state index is -0.824. The number of ether oxygens (including phenoxy) is 2. The summed E-state index contributed by atoms with van der Waals surface area (Å²) in [4.78, 5) is 0. The van der Waals surface area contributed by atoms with E-state index in [1.807, 2.05) is 14.1 Å². The SMILES string of the molecule is CCCCCCCCCCCCCCOC(O)[N+](C)(C)C(CC)OCCCCCCCCCCCCCC.[Br-]. The molecule has 0 aromatic carbocycles. The Morgan fingerprint density at radius 3 is 1.05 bits per heavy atom. The molecule has 5 heteroatoms. The topological polar surface area (TPSA) is 38.7 Å². The fraction of sp³-hybridized carbons (Fsp3) is 1.00. The predicted molar refractivity (Wildman–Crippen MR) is 166 cm³/mol. The van der Waals surface area contributed by atoms with E-state index in [1.165, 1.54) is 141 Å². The fourth-order valence-electron chi connectivity index (χ4n) is 5.41. The third-order valence-electron chi connectivity index (χ3n) is 8.23. The quantitative estimate of drug-likeness (QED) is 0.0494. The normalized spacial score (nSPS) is 13.4. The fourth-order valence-corrected chi connectivity index (χ4v) is 5.41. The molecule has 2 atom stereocenters. The van der Waals surface area contributed by atoms with Gasteiger partial charge < -0.3 is 31.6 Å². The molecular formula is C34H72BrNO3. The molecule has 0 saturated carbocycles. The van der Waals surface area contributed by atoms with Crippen molar-refractivity contribution in [3.63, 3.8) is 0 Å². The van der Waals surface area contributed by atoms with Crippen molar-refractivity contribution in [3.05, 3.63) is 0 Å². The van der Waals surface area contributed by atoms with Crippen LogP contribution in [0.4, 0.5) is 0 Å². The maximum absolute atomic E-state index is 10.7. The van der Waals surface area contributed by atoms with E-state index in [2.05, 4.69) is 20.8 Å². The second-order valence-electron chi connectivity index (χ2n) is 12.3. The summed E-state index contributed by atoms with van der Waals surface area (Å²) in [5.74, 6) is 0. The molecule has 2 unspecified atom stereocenters. The molecule has 0 aliphatic rings. The van der Waals surface area contributed by atoms with Gasteiger partial charge in [-0.25, -0.2) is 0 Å². The predicted octanol–water partition coefficient (Wildman–Crippen LogP) is 7.51. The van der Waals surface area contributed by atoms with E-state index < -0.39 is 6.41 Å². The van der Waals surface area contributed by atoms with Gasteiger partial charge in [0.25, 0.3) is 0 Å². The van der Waals surface area contributed by atoms with Crippen molar-refractivity contribution in [2.75, 3.05) is 27.3 Å². The molecule has 0 aliphatic carbocycles. The van der Waals surface area contributed by atoms with Crippen molar-refractivity contribution in [3.8, 4) is 0 Å². The van der Waals surface area contributed by atoms with Crippen LogP contribution >= 0.6 is 0 Å². The highest BCUT2D eigenvalue weighted by Crippen LogP contribution is 2.19.